The molecule has 422 valence electrons. The first-order chi connectivity index (χ1) is 34.6. The number of unbranched alkanes of at least 4 members (excludes halogenated alkanes) is 41. The number of quaternary nitrogens is 1. The van der Waals surface area contributed by atoms with E-state index in [0.29, 0.717) is 24.1 Å². The smallest absolute Gasteiger partial charge is 0.306 e. The fourth-order valence-corrected chi connectivity index (χ4v) is 9.96. The molecule has 0 aliphatic carbocycles. The summed E-state index contributed by atoms with van der Waals surface area (Å²) in [6.07, 6.45) is 68.0. The number of hydrogen-bond donors (Lipinski definition) is 0. The Balaban J connectivity index is 3.99. The van der Waals surface area contributed by atoms with Crippen molar-refractivity contribution in [3.8, 4) is 0 Å². The molecule has 0 aromatic carbocycles. The fraction of sp³-hybridized carbons (Fsp3) is 0.919. The van der Waals surface area contributed by atoms with Crippen molar-refractivity contribution in [1.82, 2.24) is 0 Å². The second kappa shape index (κ2) is 55.2. The van der Waals surface area contributed by atoms with Crippen molar-refractivity contribution < 1.29 is 37.3 Å². The van der Waals surface area contributed by atoms with Gasteiger partial charge in [0.15, 0.2) is 0 Å². The number of ether oxygens (including phenoxy) is 2. The van der Waals surface area contributed by atoms with E-state index in [4.69, 9.17) is 18.5 Å². The molecule has 0 radical (unpaired) electrons. The predicted octanol–water partition coefficient (Wildman–Crippen LogP) is 19.2. The van der Waals surface area contributed by atoms with Crippen LogP contribution in [0, 0.1) is 0 Å². The highest BCUT2D eigenvalue weighted by atomic mass is 31.2. The molecule has 0 N–H and O–H groups in total. The highest BCUT2D eigenvalue weighted by Gasteiger charge is 2.20. The van der Waals surface area contributed by atoms with Crippen molar-refractivity contribution in [1.29, 1.82) is 0 Å². The van der Waals surface area contributed by atoms with Gasteiger partial charge in [0.25, 0.3) is 7.82 Å². The third-order valence-corrected chi connectivity index (χ3v) is 15.0. The number of esters is 1. The minimum Gasteiger partial charge on any atom is -0.756 e. The Morgan fingerprint density at radius 3 is 1.14 bits per heavy atom. The lowest BCUT2D eigenvalue weighted by molar-refractivity contribution is -0.870. The SMILES string of the molecule is CCCCCCC/C=C\C/C=C\CCCCCCCCCCCCCCCCOCC(COP(=O)([O-])OCC[N+](C)(C)C)OC(=O)CCCCCCCCCCCCCCCCCCCCCCCCC. The normalized spacial score (nSPS) is 13.5. The maximum atomic E-state index is 12.8. The number of rotatable bonds is 59. The van der Waals surface area contributed by atoms with Gasteiger partial charge in [0.2, 0.25) is 0 Å². The van der Waals surface area contributed by atoms with Crippen LogP contribution in [0.4, 0.5) is 0 Å². The Morgan fingerprint density at radius 1 is 0.437 bits per heavy atom. The molecule has 71 heavy (non-hydrogen) atoms. The van der Waals surface area contributed by atoms with Crippen LogP contribution in [0.15, 0.2) is 24.3 Å². The lowest BCUT2D eigenvalue weighted by atomic mass is 10.0. The predicted molar refractivity (Wildman–Crippen MR) is 305 cm³/mol. The fourth-order valence-electron chi connectivity index (χ4n) is 9.23. The third-order valence-electron chi connectivity index (χ3n) is 14.0. The van der Waals surface area contributed by atoms with E-state index in [9.17, 15) is 14.3 Å². The van der Waals surface area contributed by atoms with Gasteiger partial charge in [-0.15, -0.1) is 0 Å². The summed E-state index contributed by atoms with van der Waals surface area (Å²) < 4.78 is 34.9. The van der Waals surface area contributed by atoms with Gasteiger partial charge >= 0.3 is 5.97 Å². The van der Waals surface area contributed by atoms with E-state index in [2.05, 4.69) is 38.2 Å². The number of phosphoric ester groups is 1. The molecular formula is C62H122NO7P. The van der Waals surface area contributed by atoms with E-state index >= 15 is 0 Å². The van der Waals surface area contributed by atoms with Gasteiger partial charge in [0, 0.05) is 13.0 Å². The Hall–Kier alpha value is -1.02. The first-order valence-corrected chi connectivity index (χ1v) is 32.5. The van der Waals surface area contributed by atoms with Crippen LogP contribution in [-0.2, 0) is 27.9 Å². The van der Waals surface area contributed by atoms with Gasteiger partial charge < -0.3 is 27.9 Å². The zero-order valence-corrected chi connectivity index (χ0v) is 49.1. The highest BCUT2D eigenvalue weighted by molar-refractivity contribution is 7.45. The molecule has 9 heteroatoms. The summed E-state index contributed by atoms with van der Waals surface area (Å²) in [6.45, 7) is 5.48. The number of carbonyl (C=O) groups is 1. The molecule has 8 nitrogen and oxygen atoms in total. The Bertz CT molecular complexity index is 1190. The molecule has 0 fully saturated rings. The van der Waals surface area contributed by atoms with Gasteiger partial charge in [0.05, 0.1) is 34.4 Å². The van der Waals surface area contributed by atoms with E-state index in [1.54, 1.807) is 0 Å². The van der Waals surface area contributed by atoms with Gasteiger partial charge in [-0.2, -0.15) is 0 Å². The number of nitrogens with zero attached hydrogens (tertiary/aromatic N) is 1. The molecule has 0 saturated carbocycles. The molecule has 0 spiro atoms. The Morgan fingerprint density at radius 2 is 0.775 bits per heavy atom. The third kappa shape index (κ3) is 59.7. The van der Waals surface area contributed by atoms with Crippen molar-refractivity contribution in [2.45, 2.75) is 315 Å². The second-order valence-electron chi connectivity index (χ2n) is 22.4. The lowest BCUT2D eigenvalue weighted by Crippen LogP contribution is -2.37. The summed E-state index contributed by atoms with van der Waals surface area (Å²) in [4.78, 5) is 25.3. The van der Waals surface area contributed by atoms with Crippen LogP contribution in [0.3, 0.4) is 0 Å². The maximum absolute atomic E-state index is 12.8. The van der Waals surface area contributed by atoms with Crippen molar-refractivity contribution in [2.24, 2.45) is 0 Å². The van der Waals surface area contributed by atoms with Crippen LogP contribution in [0.1, 0.15) is 309 Å². The largest absolute Gasteiger partial charge is 0.756 e. The first-order valence-electron chi connectivity index (χ1n) is 31.1. The van der Waals surface area contributed by atoms with E-state index in [0.717, 1.165) is 38.5 Å². The molecule has 2 unspecified atom stereocenters. The van der Waals surface area contributed by atoms with Crippen LogP contribution >= 0.6 is 7.82 Å². The first kappa shape index (κ1) is 70.0. The number of likely N-dealkylation sites (N-methyl/N-ethyl adjacent to an activating group) is 1. The standard InChI is InChI=1S/C62H122NO7P/c1-6-8-10-12-14-16-18-20-22-24-26-28-30-31-32-34-36-38-40-42-44-46-48-50-52-54-57-67-59-61(60-69-71(65,66)68-58-56-63(3,4)5)70-62(64)55-53-51-49-47-45-43-41-39-37-35-33-29-27-25-23-21-19-17-15-13-11-9-7-2/h18,20,24,26,61H,6-17,19,21-23,25,27-60H2,1-5H3/b20-18-,26-24-. The summed E-state index contributed by atoms with van der Waals surface area (Å²) in [7, 11) is 1.38. The van der Waals surface area contributed by atoms with Crippen molar-refractivity contribution >= 4 is 13.8 Å². The molecular weight excluding hydrogens is 902 g/mol. The summed E-state index contributed by atoms with van der Waals surface area (Å²) in [5, 5.41) is 0. The summed E-state index contributed by atoms with van der Waals surface area (Å²) in [5.74, 6) is -0.325. The van der Waals surface area contributed by atoms with E-state index in [-0.39, 0.29) is 25.8 Å². The van der Waals surface area contributed by atoms with Crippen molar-refractivity contribution in [2.75, 3.05) is 54.1 Å². The van der Waals surface area contributed by atoms with Gasteiger partial charge in [-0.3, -0.25) is 9.36 Å². The van der Waals surface area contributed by atoms with Crippen LogP contribution in [-0.4, -0.2) is 70.7 Å². The monoisotopic (exact) mass is 1020 g/mol. The summed E-state index contributed by atoms with van der Waals surface area (Å²) in [5.41, 5.74) is 0. The number of phosphoric acid groups is 1. The van der Waals surface area contributed by atoms with E-state index in [1.807, 2.05) is 21.1 Å². The zero-order valence-electron chi connectivity index (χ0n) is 48.2. The van der Waals surface area contributed by atoms with Crippen LogP contribution < -0.4 is 4.89 Å². The summed E-state index contributed by atoms with van der Waals surface area (Å²) >= 11 is 0. The van der Waals surface area contributed by atoms with Crippen molar-refractivity contribution in [3.05, 3.63) is 24.3 Å². The Labute approximate surface area is 443 Å². The molecule has 0 aromatic rings. The van der Waals surface area contributed by atoms with Gasteiger partial charge in [0.1, 0.15) is 19.3 Å². The molecule has 2 atom stereocenters. The number of allylic oxidation sites excluding steroid dienone is 4. The topological polar surface area (TPSA) is 94.1 Å². The molecule has 0 amide bonds. The molecule has 0 rings (SSSR count). The lowest BCUT2D eigenvalue weighted by Gasteiger charge is -2.28. The molecule has 0 aromatic heterocycles. The number of hydrogen-bond acceptors (Lipinski definition) is 7. The van der Waals surface area contributed by atoms with Crippen LogP contribution in [0.25, 0.3) is 0 Å². The second-order valence-corrected chi connectivity index (χ2v) is 23.8. The highest BCUT2D eigenvalue weighted by Crippen LogP contribution is 2.38. The van der Waals surface area contributed by atoms with E-state index < -0.39 is 13.9 Å². The maximum Gasteiger partial charge on any atom is 0.306 e. The van der Waals surface area contributed by atoms with Gasteiger partial charge in [-0.25, -0.2) is 0 Å². The van der Waals surface area contributed by atoms with Crippen LogP contribution in [0.5, 0.6) is 0 Å². The van der Waals surface area contributed by atoms with E-state index in [1.165, 1.54) is 250 Å². The van der Waals surface area contributed by atoms with Crippen molar-refractivity contribution in [3.63, 3.8) is 0 Å². The minimum absolute atomic E-state index is 0.0294. The average Bonchev–Trinajstić information content (AvgIpc) is 3.33. The van der Waals surface area contributed by atoms with Crippen LogP contribution in [0.2, 0.25) is 0 Å². The number of carbonyl (C=O) groups excluding carboxylic acids is 1. The minimum atomic E-state index is -4.53. The van der Waals surface area contributed by atoms with Gasteiger partial charge in [-0.1, -0.05) is 282 Å². The molecule has 0 bridgehead atoms. The molecule has 0 aliphatic rings. The Kier molecular flexibility index (Phi) is 54.4. The molecule has 0 heterocycles. The molecule has 0 aliphatic heterocycles. The summed E-state index contributed by atoms with van der Waals surface area (Å²) in [6, 6.07) is 0. The zero-order chi connectivity index (χ0) is 51.9. The van der Waals surface area contributed by atoms with Gasteiger partial charge in [-0.05, 0) is 44.9 Å². The average molecular weight is 1020 g/mol. The molecule has 0 saturated heterocycles. The quantitative estimate of drug-likeness (QED) is 0.0197.